The minimum absolute atomic E-state index is 0.163. The maximum Gasteiger partial charge on any atom is 0.238 e. The van der Waals surface area contributed by atoms with Gasteiger partial charge >= 0.3 is 0 Å². The first-order valence-corrected chi connectivity index (χ1v) is 8.76. The molecule has 0 spiro atoms. The van der Waals surface area contributed by atoms with E-state index in [-0.39, 0.29) is 24.1 Å². The molecule has 2 aromatic rings. The number of carbonyl (C=O) groups excluding carboxylic acids is 2. The molecule has 7 heteroatoms. The van der Waals surface area contributed by atoms with Crippen LogP contribution >= 0.6 is 11.8 Å². The second-order valence-corrected chi connectivity index (χ2v) is 6.54. The Bertz CT molecular complexity index is 778. The molecule has 0 radical (unpaired) electrons. The van der Waals surface area contributed by atoms with Crippen LogP contribution in [0.4, 0.5) is 5.82 Å². The number of amides is 2. The quantitative estimate of drug-likeness (QED) is 0.775. The average Bonchev–Trinajstić information content (AvgIpc) is 3.02. The van der Waals surface area contributed by atoms with Crippen molar-refractivity contribution in [1.82, 2.24) is 10.5 Å². The molecule has 2 N–H and O–H groups in total. The molecule has 0 saturated carbocycles. The Kier molecular flexibility index (Phi) is 7.11. The first kappa shape index (κ1) is 18.6. The lowest BCUT2D eigenvalue weighted by Crippen LogP contribution is -2.28. The van der Waals surface area contributed by atoms with Crippen LogP contribution in [-0.4, -0.2) is 34.5 Å². The molecule has 130 valence electrons. The highest BCUT2D eigenvalue weighted by Gasteiger charge is 2.16. The molecule has 25 heavy (non-hydrogen) atoms. The number of thioether (sulfide) groups is 1. The Balaban J connectivity index is 1.67. The summed E-state index contributed by atoms with van der Waals surface area (Å²) in [5.74, 6) is 6.63. The number of benzene rings is 1. The van der Waals surface area contributed by atoms with Crippen molar-refractivity contribution in [1.29, 1.82) is 0 Å². The normalized spacial score (nSPS) is 11.1. The Morgan fingerprint density at radius 2 is 2.08 bits per heavy atom. The molecule has 1 aromatic heterocycles. The highest BCUT2D eigenvalue weighted by molar-refractivity contribution is 8.01. The van der Waals surface area contributed by atoms with Gasteiger partial charge in [0.05, 0.1) is 17.5 Å². The maximum atomic E-state index is 12.0. The van der Waals surface area contributed by atoms with Gasteiger partial charge < -0.3 is 15.2 Å². The third kappa shape index (κ3) is 6.73. The zero-order chi connectivity index (χ0) is 18.1. The molecule has 0 bridgehead atoms. The van der Waals surface area contributed by atoms with E-state index in [4.69, 9.17) is 4.52 Å². The summed E-state index contributed by atoms with van der Waals surface area (Å²) in [4.78, 5) is 23.8. The van der Waals surface area contributed by atoms with E-state index in [0.717, 1.165) is 5.56 Å². The smallest absolute Gasteiger partial charge is 0.238 e. The van der Waals surface area contributed by atoms with E-state index in [9.17, 15) is 9.59 Å². The summed E-state index contributed by atoms with van der Waals surface area (Å²) in [5, 5.41) is 8.65. The summed E-state index contributed by atoms with van der Waals surface area (Å²) in [7, 11) is 0. The fraction of sp³-hybridized carbons (Fsp3) is 0.278. The van der Waals surface area contributed by atoms with Crippen molar-refractivity contribution < 1.29 is 14.1 Å². The largest absolute Gasteiger partial charge is 0.360 e. The number of nitrogens with one attached hydrogen (secondary N) is 2. The first-order valence-electron chi connectivity index (χ1n) is 7.71. The van der Waals surface area contributed by atoms with Crippen LogP contribution in [0.3, 0.4) is 0 Å². The lowest BCUT2D eigenvalue weighted by atomic mass is 10.2. The molecule has 1 aromatic carbocycles. The number of hydrogen-bond donors (Lipinski definition) is 2. The molecule has 2 amide bonds. The molecule has 1 heterocycles. The standard InChI is InChI=1S/C18H19N3O3S/c1-13-11-16(21-24-13)20-18(23)14(2)25-12-17(22)19-10-6-9-15-7-4-3-5-8-15/h3-5,7-8,11,14H,10,12H2,1-2H3,(H,19,22)(H,20,21,23). The van der Waals surface area contributed by atoms with Crippen LogP contribution in [-0.2, 0) is 9.59 Å². The monoisotopic (exact) mass is 357 g/mol. The molecular formula is C18H19N3O3S. The number of aryl methyl sites for hydroxylation is 1. The van der Waals surface area contributed by atoms with Gasteiger partial charge in [-0.15, -0.1) is 11.8 Å². The van der Waals surface area contributed by atoms with E-state index < -0.39 is 5.25 Å². The molecule has 6 nitrogen and oxygen atoms in total. The minimum Gasteiger partial charge on any atom is -0.360 e. The third-order valence-corrected chi connectivity index (χ3v) is 4.24. The van der Waals surface area contributed by atoms with E-state index in [0.29, 0.717) is 11.6 Å². The minimum atomic E-state index is -0.391. The van der Waals surface area contributed by atoms with Crippen LogP contribution in [0.15, 0.2) is 40.9 Å². The van der Waals surface area contributed by atoms with Crippen LogP contribution in [0.5, 0.6) is 0 Å². The van der Waals surface area contributed by atoms with E-state index in [2.05, 4.69) is 27.6 Å². The van der Waals surface area contributed by atoms with E-state index in [1.165, 1.54) is 11.8 Å². The van der Waals surface area contributed by atoms with Gasteiger partial charge in [-0.05, 0) is 26.0 Å². The number of nitrogens with zero attached hydrogens (tertiary/aromatic N) is 1. The molecule has 0 aliphatic carbocycles. The fourth-order valence-corrected chi connectivity index (χ4v) is 2.50. The Morgan fingerprint density at radius 1 is 1.32 bits per heavy atom. The molecule has 0 aliphatic heterocycles. The van der Waals surface area contributed by atoms with Crippen molar-refractivity contribution >= 4 is 29.4 Å². The molecular weight excluding hydrogens is 338 g/mol. The van der Waals surface area contributed by atoms with Gasteiger partial charge in [0.15, 0.2) is 5.82 Å². The average molecular weight is 357 g/mol. The third-order valence-electron chi connectivity index (χ3n) is 3.09. The molecule has 2 rings (SSSR count). The molecule has 0 aliphatic rings. The zero-order valence-electron chi connectivity index (χ0n) is 14.0. The van der Waals surface area contributed by atoms with Gasteiger partial charge in [0.2, 0.25) is 11.8 Å². The van der Waals surface area contributed by atoms with Crippen molar-refractivity contribution in [2.45, 2.75) is 19.1 Å². The summed E-state index contributed by atoms with van der Waals surface area (Å²) in [6.45, 7) is 3.74. The number of hydrogen-bond acceptors (Lipinski definition) is 5. The second-order valence-electron chi connectivity index (χ2n) is 5.21. The van der Waals surface area contributed by atoms with Crippen molar-refractivity contribution in [2.75, 3.05) is 17.6 Å². The van der Waals surface area contributed by atoms with Crippen LogP contribution in [0.25, 0.3) is 0 Å². The Hall–Kier alpha value is -2.72. The Morgan fingerprint density at radius 3 is 2.76 bits per heavy atom. The summed E-state index contributed by atoms with van der Waals surface area (Å²) < 4.78 is 4.88. The van der Waals surface area contributed by atoms with E-state index >= 15 is 0 Å². The molecule has 0 fully saturated rings. The second kappa shape index (κ2) is 9.55. The topological polar surface area (TPSA) is 84.2 Å². The van der Waals surface area contributed by atoms with Crippen LogP contribution in [0, 0.1) is 18.8 Å². The van der Waals surface area contributed by atoms with Gasteiger partial charge in [0, 0.05) is 11.6 Å². The Labute approximate surface area is 150 Å². The van der Waals surface area contributed by atoms with Crippen molar-refractivity contribution in [3.05, 3.63) is 47.7 Å². The van der Waals surface area contributed by atoms with Crippen LogP contribution in [0.2, 0.25) is 0 Å². The summed E-state index contributed by atoms with van der Waals surface area (Å²) in [6.07, 6.45) is 0. The van der Waals surface area contributed by atoms with Crippen LogP contribution < -0.4 is 10.6 Å². The van der Waals surface area contributed by atoms with Gasteiger partial charge in [0.1, 0.15) is 5.76 Å². The van der Waals surface area contributed by atoms with Gasteiger partial charge in [-0.25, -0.2) is 0 Å². The lowest BCUT2D eigenvalue weighted by Gasteiger charge is -2.09. The molecule has 1 atom stereocenters. The molecule has 0 saturated heterocycles. The fourth-order valence-electron chi connectivity index (χ4n) is 1.79. The number of anilines is 1. The number of rotatable bonds is 6. The number of carbonyl (C=O) groups is 2. The summed E-state index contributed by atoms with van der Waals surface area (Å²) >= 11 is 1.24. The SMILES string of the molecule is Cc1cc(NC(=O)C(C)SCC(=O)NCC#Cc2ccccc2)no1. The van der Waals surface area contributed by atoms with Crippen molar-refractivity contribution in [3.8, 4) is 11.8 Å². The van der Waals surface area contributed by atoms with Crippen molar-refractivity contribution in [2.24, 2.45) is 0 Å². The predicted molar refractivity (Wildman–Crippen MR) is 98.1 cm³/mol. The summed E-state index contributed by atoms with van der Waals surface area (Å²) in [5.41, 5.74) is 0.902. The predicted octanol–water partition coefficient (Wildman–Crippen LogP) is 2.21. The lowest BCUT2D eigenvalue weighted by molar-refractivity contribution is -0.118. The van der Waals surface area contributed by atoms with Gasteiger partial charge in [0.25, 0.3) is 0 Å². The van der Waals surface area contributed by atoms with E-state index in [1.807, 2.05) is 30.3 Å². The highest BCUT2D eigenvalue weighted by Crippen LogP contribution is 2.14. The van der Waals surface area contributed by atoms with Gasteiger partial charge in [-0.1, -0.05) is 35.2 Å². The van der Waals surface area contributed by atoms with E-state index in [1.54, 1.807) is 19.9 Å². The van der Waals surface area contributed by atoms with Crippen molar-refractivity contribution in [3.63, 3.8) is 0 Å². The van der Waals surface area contributed by atoms with Gasteiger partial charge in [-0.3, -0.25) is 9.59 Å². The molecule has 1 unspecified atom stereocenters. The van der Waals surface area contributed by atoms with Crippen LogP contribution in [0.1, 0.15) is 18.2 Å². The summed E-state index contributed by atoms with van der Waals surface area (Å²) in [6, 6.07) is 11.2. The number of aromatic nitrogens is 1. The highest BCUT2D eigenvalue weighted by atomic mass is 32.2. The first-order chi connectivity index (χ1) is 12.0. The zero-order valence-corrected chi connectivity index (χ0v) is 14.9. The maximum absolute atomic E-state index is 12.0. The van der Waals surface area contributed by atoms with Gasteiger partial charge in [-0.2, -0.15) is 0 Å².